The molecule has 1 N–H and O–H groups in total. The number of carbonyl (C=O) groups is 1. The highest BCUT2D eigenvalue weighted by Crippen LogP contribution is 1.92. The fourth-order valence-electron chi connectivity index (χ4n) is 0.585. The van der Waals surface area contributed by atoms with Crippen LogP contribution in [0.15, 0.2) is 29.5 Å². The number of amides is 1. The summed E-state index contributed by atoms with van der Waals surface area (Å²) in [6.45, 7) is 3.89. The summed E-state index contributed by atoms with van der Waals surface area (Å²) in [4.78, 5) is 11.0. The number of carbonyl (C=O) groups excluding carboxylic acids is 1. The van der Waals surface area contributed by atoms with Crippen LogP contribution in [0.4, 0.5) is 0 Å². The monoisotopic (exact) mass is 152 g/mol. The number of nitrogens with zero attached hydrogens (tertiary/aromatic N) is 1. The fraction of sp³-hybridized carbons (Fsp3) is 0.143. The van der Waals surface area contributed by atoms with Crippen LogP contribution in [-0.2, 0) is 0 Å². The first-order valence-corrected chi connectivity index (χ1v) is 3.14. The molecule has 0 unspecified atom stereocenters. The van der Waals surface area contributed by atoms with Crippen molar-refractivity contribution in [3.05, 3.63) is 30.7 Å². The number of aromatic nitrogens is 1. The fourth-order valence-corrected chi connectivity index (χ4v) is 0.585. The van der Waals surface area contributed by atoms with Crippen molar-refractivity contribution in [1.29, 1.82) is 0 Å². The van der Waals surface area contributed by atoms with Crippen LogP contribution in [0.1, 0.15) is 10.5 Å². The van der Waals surface area contributed by atoms with Gasteiger partial charge in [-0.2, -0.15) is 0 Å². The first-order chi connectivity index (χ1) is 5.34. The van der Waals surface area contributed by atoms with Crippen LogP contribution in [0.25, 0.3) is 0 Å². The Morgan fingerprint density at radius 1 is 1.91 bits per heavy atom. The lowest BCUT2D eigenvalue weighted by Crippen LogP contribution is -2.23. The number of hydrogen-bond acceptors (Lipinski definition) is 3. The van der Waals surface area contributed by atoms with Crippen LogP contribution >= 0.6 is 0 Å². The average molecular weight is 152 g/mol. The second-order valence-corrected chi connectivity index (χ2v) is 1.88. The second kappa shape index (κ2) is 3.55. The summed E-state index contributed by atoms with van der Waals surface area (Å²) in [6, 6.07) is 1.50. The molecule has 0 aromatic carbocycles. The van der Waals surface area contributed by atoms with E-state index in [0.717, 1.165) is 0 Å². The Morgan fingerprint density at radius 2 is 2.73 bits per heavy atom. The van der Waals surface area contributed by atoms with Crippen LogP contribution in [0.5, 0.6) is 0 Å². The summed E-state index contributed by atoms with van der Waals surface area (Å²) in [5, 5.41) is 6.00. The second-order valence-electron chi connectivity index (χ2n) is 1.88. The normalized spacial score (nSPS) is 9.09. The zero-order valence-electron chi connectivity index (χ0n) is 5.91. The van der Waals surface area contributed by atoms with E-state index in [2.05, 4.69) is 21.6 Å². The van der Waals surface area contributed by atoms with Gasteiger partial charge in [-0.15, -0.1) is 6.58 Å². The molecule has 1 aromatic heterocycles. The van der Waals surface area contributed by atoms with Gasteiger partial charge >= 0.3 is 0 Å². The summed E-state index contributed by atoms with van der Waals surface area (Å²) < 4.78 is 4.48. The third-order valence-corrected chi connectivity index (χ3v) is 1.08. The third-order valence-electron chi connectivity index (χ3n) is 1.08. The molecule has 0 saturated heterocycles. The molecule has 0 aliphatic rings. The lowest BCUT2D eigenvalue weighted by Gasteiger charge is -1.95. The number of hydrogen-bond donors (Lipinski definition) is 1. The molecule has 4 heteroatoms. The number of rotatable bonds is 3. The lowest BCUT2D eigenvalue weighted by atomic mass is 10.4. The van der Waals surface area contributed by atoms with Crippen molar-refractivity contribution in [1.82, 2.24) is 10.5 Å². The first-order valence-electron chi connectivity index (χ1n) is 3.14. The van der Waals surface area contributed by atoms with Gasteiger partial charge in [0.05, 0.1) is 0 Å². The minimum atomic E-state index is -0.251. The highest BCUT2D eigenvalue weighted by atomic mass is 16.5. The van der Waals surface area contributed by atoms with E-state index < -0.39 is 0 Å². The Labute approximate surface area is 63.9 Å². The van der Waals surface area contributed by atoms with Gasteiger partial charge in [-0.1, -0.05) is 11.2 Å². The Kier molecular flexibility index (Phi) is 2.43. The van der Waals surface area contributed by atoms with Crippen LogP contribution in [0.3, 0.4) is 0 Å². The van der Waals surface area contributed by atoms with Crippen molar-refractivity contribution < 1.29 is 9.32 Å². The molecule has 0 radical (unpaired) electrons. The Balaban J connectivity index is 2.49. The molecule has 58 valence electrons. The van der Waals surface area contributed by atoms with E-state index in [-0.39, 0.29) is 11.6 Å². The highest BCUT2D eigenvalue weighted by Gasteiger charge is 2.05. The van der Waals surface area contributed by atoms with Crippen molar-refractivity contribution in [2.24, 2.45) is 0 Å². The average Bonchev–Trinajstić information content (AvgIpc) is 2.52. The summed E-state index contributed by atoms with van der Waals surface area (Å²) >= 11 is 0. The maximum absolute atomic E-state index is 11.0. The van der Waals surface area contributed by atoms with Gasteiger partial charge in [-0.25, -0.2) is 0 Å². The van der Waals surface area contributed by atoms with E-state index in [9.17, 15) is 4.79 Å². The Morgan fingerprint density at radius 3 is 3.27 bits per heavy atom. The van der Waals surface area contributed by atoms with E-state index in [4.69, 9.17) is 0 Å². The maximum atomic E-state index is 11.0. The molecule has 0 aliphatic carbocycles. The first kappa shape index (κ1) is 7.53. The van der Waals surface area contributed by atoms with Crippen molar-refractivity contribution in [3.63, 3.8) is 0 Å². The zero-order valence-corrected chi connectivity index (χ0v) is 5.91. The van der Waals surface area contributed by atoms with Gasteiger partial charge in [0.2, 0.25) is 0 Å². The van der Waals surface area contributed by atoms with Crippen LogP contribution in [-0.4, -0.2) is 17.6 Å². The smallest absolute Gasteiger partial charge is 0.273 e. The molecule has 1 aromatic rings. The molecule has 0 aliphatic heterocycles. The quantitative estimate of drug-likeness (QED) is 0.645. The van der Waals surface area contributed by atoms with Crippen molar-refractivity contribution in [3.8, 4) is 0 Å². The van der Waals surface area contributed by atoms with E-state index >= 15 is 0 Å². The van der Waals surface area contributed by atoms with Gasteiger partial charge in [0.15, 0.2) is 5.69 Å². The molecule has 1 heterocycles. The van der Waals surface area contributed by atoms with E-state index in [1.807, 2.05) is 0 Å². The van der Waals surface area contributed by atoms with Gasteiger partial charge in [0.25, 0.3) is 5.91 Å². The molecule has 0 bridgehead atoms. The molecule has 11 heavy (non-hydrogen) atoms. The van der Waals surface area contributed by atoms with Gasteiger partial charge in [0.1, 0.15) is 6.26 Å². The largest absolute Gasteiger partial charge is 0.364 e. The van der Waals surface area contributed by atoms with Crippen molar-refractivity contribution in [2.75, 3.05) is 6.54 Å². The van der Waals surface area contributed by atoms with E-state index in [1.165, 1.54) is 12.3 Å². The van der Waals surface area contributed by atoms with Crippen LogP contribution < -0.4 is 5.32 Å². The van der Waals surface area contributed by atoms with E-state index in [1.54, 1.807) is 6.08 Å². The molecule has 1 rings (SSSR count). The molecular weight excluding hydrogens is 144 g/mol. The van der Waals surface area contributed by atoms with Gasteiger partial charge in [-0.3, -0.25) is 4.79 Å². The topological polar surface area (TPSA) is 55.1 Å². The van der Waals surface area contributed by atoms with Crippen LogP contribution in [0, 0.1) is 0 Å². The predicted octanol–water partition coefficient (Wildman–Crippen LogP) is 0.590. The van der Waals surface area contributed by atoms with Crippen molar-refractivity contribution >= 4 is 5.91 Å². The maximum Gasteiger partial charge on any atom is 0.273 e. The molecule has 0 spiro atoms. The Hall–Kier alpha value is -1.58. The SMILES string of the molecule is C=CCNC(=O)c1ccon1. The minimum absolute atomic E-state index is 0.251. The summed E-state index contributed by atoms with van der Waals surface area (Å²) in [5.41, 5.74) is 0.284. The summed E-state index contributed by atoms with van der Waals surface area (Å²) in [7, 11) is 0. The molecule has 0 fully saturated rings. The Bertz CT molecular complexity index is 241. The van der Waals surface area contributed by atoms with Gasteiger partial charge in [-0.05, 0) is 0 Å². The summed E-state index contributed by atoms with van der Waals surface area (Å²) in [6.07, 6.45) is 2.95. The minimum Gasteiger partial charge on any atom is -0.364 e. The number of nitrogens with one attached hydrogen (secondary N) is 1. The standard InChI is InChI=1S/C7H8N2O2/c1-2-4-8-7(10)6-3-5-11-9-6/h2-3,5H,1,4H2,(H,8,10). The molecule has 1 amide bonds. The van der Waals surface area contributed by atoms with E-state index in [0.29, 0.717) is 6.54 Å². The highest BCUT2D eigenvalue weighted by molar-refractivity contribution is 5.91. The third kappa shape index (κ3) is 1.93. The van der Waals surface area contributed by atoms with Gasteiger partial charge < -0.3 is 9.84 Å². The van der Waals surface area contributed by atoms with Crippen LogP contribution in [0.2, 0.25) is 0 Å². The molecule has 4 nitrogen and oxygen atoms in total. The predicted molar refractivity (Wildman–Crippen MR) is 39.0 cm³/mol. The molecule has 0 atom stereocenters. The van der Waals surface area contributed by atoms with Crippen molar-refractivity contribution in [2.45, 2.75) is 0 Å². The zero-order chi connectivity index (χ0) is 8.10. The van der Waals surface area contributed by atoms with Gasteiger partial charge in [0, 0.05) is 12.6 Å². The molecular formula is C7H8N2O2. The molecule has 0 saturated carbocycles. The lowest BCUT2D eigenvalue weighted by molar-refractivity contribution is 0.0949. The summed E-state index contributed by atoms with van der Waals surface area (Å²) in [5.74, 6) is -0.251.